The van der Waals surface area contributed by atoms with Crippen LogP contribution in [0.3, 0.4) is 0 Å². The van der Waals surface area contributed by atoms with Crippen molar-refractivity contribution in [3.05, 3.63) is 64.2 Å². The van der Waals surface area contributed by atoms with Gasteiger partial charge in [-0.2, -0.15) is 4.98 Å². The van der Waals surface area contributed by atoms with E-state index in [9.17, 15) is 9.18 Å². The summed E-state index contributed by atoms with van der Waals surface area (Å²) in [5.74, 6) is 0.427. The number of amides is 1. The Labute approximate surface area is 158 Å². The first-order chi connectivity index (χ1) is 12.5. The molecule has 0 spiro atoms. The van der Waals surface area contributed by atoms with Crippen molar-refractivity contribution in [2.24, 2.45) is 0 Å². The van der Waals surface area contributed by atoms with Crippen molar-refractivity contribution in [2.75, 3.05) is 11.4 Å². The van der Waals surface area contributed by atoms with Crippen molar-refractivity contribution >= 4 is 27.5 Å². The van der Waals surface area contributed by atoms with Gasteiger partial charge in [-0.3, -0.25) is 4.79 Å². The molecule has 1 aromatic heterocycles. The van der Waals surface area contributed by atoms with Crippen LogP contribution in [-0.2, 0) is 4.79 Å². The zero-order valence-corrected chi connectivity index (χ0v) is 15.5. The SMILES string of the molecule is Cc1cc(N2CC(c3nc(-c4cccc(Br)c4)no3)CC2=O)ccc1F. The lowest BCUT2D eigenvalue weighted by atomic mass is 10.1. The minimum Gasteiger partial charge on any atom is -0.339 e. The molecule has 1 aliphatic rings. The lowest BCUT2D eigenvalue weighted by molar-refractivity contribution is -0.117. The fraction of sp³-hybridized carbons (Fsp3) is 0.211. The van der Waals surface area contributed by atoms with E-state index in [0.29, 0.717) is 29.5 Å². The minimum atomic E-state index is -0.285. The Kier molecular flexibility index (Phi) is 4.32. The van der Waals surface area contributed by atoms with Gasteiger partial charge in [0, 0.05) is 28.7 Å². The number of nitrogens with zero attached hydrogens (tertiary/aromatic N) is 3. The maximum atomic E-state index is 13.5. The molecule has 1 aliphatic heterocycles. The van der Waals surface area contributed by atoms with Crippen molar-refractivity contribution in [2.45, 2.75) is 19.3 Å². The number of carbonyl (C=O) groups excluding carboxylic acids is 1. The smallest absolute Gasteiger partial charge is 0.232 e. The number of hydrogen-bond donors (Lipinski definition) is 0. The van der Waals surface area contributed by atoms with Crippen LogP contribution in [-0.4, -0.2) is 22.6 Å². The summed E-state index contributed by atoms with van der Waals surface area (Å²) in [7, 11) is 0. The number of carbonyl (C=O) groups is 1. The number of halogens is 2. The molecule has 0 aliphatic carbocycles. The van der Waals surface area contributed by atoms with Crippen molar-refractivity contribution in [3.8, 4) is 11.4 Å². The molecule has 132 valence electrons. The molecule has 1 unspecified atom stereocenters. The topological polar surface area (TPSA) is 59.2 Å². The highest BCUT2D eigenvalue weighted by Gasteiger charge is 2.35. The predicted octanol–water partition coefficient (Wildman–Crippen LogP) is 4.47. The van der Waals surface area contributed by atoms with Crippen molar-refractivity contribution in [1.82, 2.24) is 10.1 Å². The number of hydrogen-bond acceptors (Lipinski definition) is 4. The molecule has 0 bridgehead atoms. The molecule has 1 saturated heterocycles. The van der Waals surface area contributed by atoms with Crippen molar-refractivity contribution < 1.29 is 13.7 Å². The van der Waals surface area contributed by atoms with E-state index in [1.165, 1.54) is 6.07 Å². The lowest BCUT2D eigenvalue weighted by Crippen LogP contribution is -2.24. The van der Waals surface area contributed by atoms with Crippen molar-refractivity contribution in [1.29, 1.82) is 0 Å². The Morgan fingerprint density at radius 2 is 2.12 bits per heavy atom. The van der Waals surface area contributed by atoms with Gasteiger partial charge in [-0.25, -0.2) is 4.39 Å². The summed E-state index contributed by atoms with van der Waals surface area (Å²) in [4.78, 5) is 18.5. The second-order valence-corrected chi connectivity index (χ2v) is 7.22. The van der Waals surface area contributed by atoms with E-state index < -0.39 is 0 Å². The van der Waals surface area contributed by atoms with Gasteiger partial charge < -0.3 is 9.42 Å². The van der Waals surface area contributed by atoms with E-state index in [-0.39, 0.29) is 24.1 Å². The molecule has 2 aromatic carbocycles. The fourth-order valence-electron chi connectivity index (χ4n) is 3.07. The van der Waals surface area contributed by atoms with Crippen LogP contribution in [0.15, 0.2) is 51.5 Å². The van der Waals surface area contributed by atoms with E-state index in [0.717, 1.165) is 10.0 Å². The predicted molar refractivity (Wildman–Crippen MR) is 98.3 cm³/mol. The molecule has 1 amide bonds. The van der Waals surface area contributed by atoms with E-state index in [1.54, 1.807) is 24.0 Å². The largest absolute Gasteiger partial charge is 0.339 e. The zero-order valence-electron chi connectivity index (χ0n) is 13.9. The first-order valence-corrected chi connectivity index (χ1v) is 8.96. The maximum Gasteiger partial charge on any atom is 0.232 e. The molecular formula is C19H15BrFN3O2. The van der Waals surface area contributed by atoms with Gasteiger partial charge in [0.25, 0.3) is 0 Å². The van der Waals surface area contributed by atoms with Gasteiger partial charge in [0.2, 0.25) is 17.6 Å². The summed E-state index contributed by atoms with van der Waals surface area (Å²) >= 11 is 3.42. The minimum absolute atomic E-state index is 0.0387. The third-order valence-electron chi connectivity index (χ3n) is 4.45. The molecule has 2 heterocycles. The summed E-state index contributed by atoms with van der Waals surface area (Å²) < 4.78 is 19.8. The molecule has 3 aromatic rings. The Hall–Kier alpha value is -2.54. The van der Waals surface area contributed by atoms with E-state index in [1.807, 2.05) is 24.3 Å². The monoisotopic (exact) mass is 415 g/mol. The molecule has 7 heteroatoms. The van der Waals surface area contributed by atoms with Gasteiger partial charge in [-0.1, -0.05) is 33.2 Å². The highest BCUT2D eigenvalue weighted by molar-refractivity contribution is 9.10. The number of benzene rings is 2. The van der Waals surface area contributed by atoms with Crippen LogP contribution in [0.2, 0.25) is 0 Å². The normalized spacial score (nSPS) is 17.1. The summed E-state index contributed by atoms with van der Waals surface area (Å²) in [6, 6.07) is 12.3. The average Bonchev–Trinajstić information content (AvgIpc) is 3.24. The van der Waals surface area contributed by atoms with Gasteiger partial charge in [0.1, 0.15) is 5.82 Å². The van der Waals surface area contributed by atoms with Crippen LogP contribution in [0.4, 0.5) is 10.1 Å². The second-order valence-electron chi connectivity index (χ2n) is 6.31. The summed E-state index contributed by atoms with van der Waals surface area (Å²) in [5.41, 5.74) is 2.03. The third kappa shape index (κ3) is 3.14. The molecule has 1 atom stereocenters. The number of rotatable bonds is 3. The number of aromatic nitrogens is 2. The van der Waals surface area contributed by atoms with Crippen LogP contribution in [0.5, 0.6) is 0 Å². The van der Waals surface area contributed by atoms with Gasteiger partial charge in [-0.05, 0) is 42.8 Å². The first-order valence-electron chi connectivity index (χ1n) is 8.17. The third-order valence-corrected chi connectivity index (χ3v) is 4.95. The fourth-order valence-corrected chi connectivity index (χ4v) is 3.46. The van der Waals surface area contributed by atoms with Gasteiger partial charge in [-0.15, -0.1) is 0 Å². The molecule has 5 nitrogen and oxygen atoms in total. The molecule has 0 radical (unpaired) electrons. The summed E-state index contributed by atoms with van der Waals surface area (Å²) in [6.45, 7) is 2.11. The van der Waals surface area contributed by atoms with E-state index in [2.05, 4.69) is 26.1 Å². The quantitative estimate of drug-likeness (QED) is 0.633. The number of aryl methyl sites for hydroxylation is 1. The number of anilines is 1. The van der Waals surface area contributed by atoms with Gasteiger partial charge in [0.15, 0.2) is 0 Å². The van der Waals surface area contributed by atoms with Crippen molar-refractivity contribution in [3.63, 3.8) is 0 Å². The first kappa shape index (κ1) is 16.9. The summed E-state index contributed by atoms with van der Waals surface area (Å²) in [5, 5.41) is 4.03. The van der Waals surface area contributed by atoms with E-state index >= 15 is 0 Å². The average molecular weight is 416 g/mol. The van der Waals surface area contributed by atoms with Crippen LogP contribution >= 0.6 is 15.9 Å². The molecular weight excluding hydrogens is 401 g/mol. The van der Waals surface area contributed by atoms with Crippen LogP contribution in [0, 0.1) is 12.7 Å². The van der Waals surface area contributed by atoms with E-state index in [4.69, 9.17) is 4.52 Å². The highest BCUT2D eigenvalue weighted by atomic mass is 79.9. The Bertz CT molecular complexity index is 988. The van der Waals surface area contributed by atoms with Gasteiger partial charge >= 0.3 is 0 Å². The maximum absolute atomic E-state index is 13.5. The molecule has 26 heavy (non-hydrogen) atoms. The molecule has 4 rings (SSSR count). The second kappa shape index (κ2) is 6.64. The Balaban J connectivity index is 1.56. The standard InChI is InChI=1S/C19H15BrFN3O2/c1-11-7-15(5-6-16(11)21)24-10-13(9-17(24)25)19-22-18(23-26-19)12-3-2-4-14(20)8-12/h2-8,13H,9-10H2,1H3. The molecule has 1 fully saturated rings. The Morgan fingerprint density at radius 3 is 2.88 bits per heavy atom. The Morgan fingerprint density at radius 1 is 1.27 bits per heavy atom. The molecule has 0 N–H and O–H groups in total. The summed E-state index contributed by atoms with van der Waals surface area (Å²) in [6.07, 6.45) is 0.288. The van der Waals surface area contributed by atoms with Gasteiger partial charge in [0.05, 0.1) is 5.92 Å². The molecule has 0 saturated carbocycles. The highest BCUT2D eigenvalue weighted by Crippen LogP contribution is 2.32. The lowest BCUT2D eigenvalue weighted by Gasteiger charge is -2.16. The zero-order chi connectivity index (χ0) is 18.3. The van der Waals surface area contributed by atoms with Crippen LogP contribution in [0.1, 0.15) is 23.8 Å². The van der Waals surface area contributed by atoms with Crippen LogP contribution in [0.25, 0.3) is 11.4 Å². The van der Waals surface area contributed by atoms with Crippen LogP contribution < -0.4 is 4.90 Å².